The first-order chi connectivity index (χ1) is 16.2. The Morgan fingerprint density at radius 3 is 2.91 bits per heavy atom. The number of fused-ring (bicyclic) bond motifs is 2. The van der Waals surface area contributed by atoms with Gasteiger partial charge in [0.25, 0.3) is 0 Å². The third-order valence-corrected chi connectivity index (χ3v) is 6.69. The summed E-state index contributed by atoms with van der Waals surface area (Å²) < 4.78 is 11.2. The van der Waals surface area contributed by atoms with Gasteiger partial charge in [0.1, 0.15) is 13.2 Å². The number of aromatic nitrogens is 2. The van der Waals surface area contributed by atoms with Crippen molar-refractivity contribution in [2.75, 3.05) is 30.0 Å². The van der Waals surface area contributed by atoms with Crippen molar-refractivity contribution in [3.63, 3.8) is 0 Å². The summed E-state index contributed by atoms with van der Waals surface area (Å²) in [6.07, 6.45) is 2.08. The first-order valence-electron chi connectivity index (χ1n) is 10.7. The summed E-state index contributed by atoms with van der Waals surface area (Å²) in [7, 11) is 0. The maximum absolute atomic E-state index is 12.9. The van der Waals surface area contributed by atoms with Crippen LogP contribution in [0.3, 0.4) is 0 Å². The minimum Gasteiger partial charge on any atom is -0.486 e. The summed E-state index contributed by atoms with van der Waals surface area (Å²) in [5.74, 6) is 0.535. The lowest BCUT2D eigenvalue weighted by Crippen LogP contribution is -2.28. The number of aromatic amines is 1. The molecule has 2 aliphatic heterocycles. The molecule has 1 fully saturated rings. The normalized spacial score (nSPS) is 17.5. The minimum absolute atomic E-state index is 0.0922. The second-order valence-corrected chi connectivity index (χ2v) is 8.87. The monoisotopic (exact) mass is 460 g/mol. The Morgan fingerprint density at radius 1 is 1.15 bits per heavy atom. The highest BCUT2D eigenvalue weighted by Gasteiger charge is 2.36. The van der Waals surface area contributed by atoms with E-state index in [0.29, 0.717) is 42.1 Å². The molecule has 2 aliphatic rings. The van der Waals surface area contributed by atoms with Gasteiger partial charge in [0.15, 0.2) is 16.6 Å². The van der Waals surface area contributed by atoms with Crippen LogP contribution in [0.25, 0.3) is 22.2 Å². The van der Waals surface area contributed by atoms with E-state index in [9.17, 15) is 9.59 Å². The summed E-state index contributed by atoms with van der Waals surface area (Å²) in [6, 6.07) is 13.4. The molecule has 166 valence electrons. The van der Waals surface area contributed by atoms with Gasteiger partial charge in [-0.25, -0.2) is 4.98 Å². The third-order valence-electron chi connectivity index (χ3n) is 5.93. The SMILES string of the molecule is O=C(Nc1nc(-c2c[nH]c3ccccc23)cs1)C1CC(=O)N(c2ccc3c(c2)OCCO3)C1. The molecule has 0 radical (unpaired) electrons. The summed E-state index contributed by atoms with van der Waals surface area (Å²) in [5.41, 5.74) is 3.53. The molecule has 2 aromatic heterocycles. The van der Waals surface area contributed by atoms with Crippen LogP contribution in [0.2, 0.25) is 0 Å². The average molecular weight is 461 g/mol. The highest BCUT2D eigenvalue weighted by molar-refractivity contribution is 7.14. The van der Waals surface area contributed by atoms with Crippen LogP contribution in [0, 0.1) is 5.92 Å². The quantitative estimate of drug-likeness (QED) is 0.479. The summed E-state index contributed by atoms with van der Waals surface area (Å²) in [6.45, 7) is 1.30. The average Bonchev–Trinajstić information content (AvgIpc) is 3.57. The number of nitrogens with one attached hydrogen (secondary N) is 2. The number of hydrogen-bond acceptors (Lipinski definition) is 6. The van der Waals surface area contributed by atoms with Gasteiger partial charge in [0.05, 0.1) is 11.6 Å². The van der Waals surface area contributed by atoms with Crippen LogP contribution in [0.1, 0.15) is 6.42 Å². The Morgan fingerprint density at radius 2 is 2.00 bits per heavy atom. The second kappa shape index (κ2) is 7.93. The molecule has 33 heavy (non-hydrogen) atoms. The fourth-order valence-electron chi connectivity index (χ4n) is 4.28. The number of thiazole rings is 1. The van der Waals surface area contributed by atoms with Crippen molar-refractivity contribution in [2.24, 2.45) is 5.92 Å². The van der Waals surface area contributed by atoms with Gasteiger partial charge in [0.2, 0.25) is 11.8 Å². The van der Waals surface area contributed by atoms with E-state index in [1.54, 1.807) is 17.0 Å². The van der Waals surface area contributed by atoms with Crippen molar-refractivity contribution in [3.05, 3.63) is 54.0 Å². The molecule has 0 bridgehead atoms. The molecule has 0 aliphatic carbocycles. The van der Waals surface area contributed by atoms with Crippen LogP contribution in [-0.2, 0) is 9.59 Å². The molecule has 8 nitrogen and oxygen atoms in total. The Kier molecular flexibility index (Phi) is 4.76. The number of para-hydroxylation sites is 1. The maximum atomic E-state index is 12.9. The lowest BCUT2D eigenvalue weighted by atomic mass is 10.1. The van der Waals surface area contributed by atoms with Crippen molar-refractivity contribution in [1.82, 2.24) is 9.97 Å². The number of carbonyl (C=O) groups excluding carboxylic acids is 2. The fourth-order valence-corrected chi connectivity index (χ4v) is 4.99. The van der Waals surface area contributed by atoms with Crippen LogP contribution in [0.5, 0.6) is 11.5 Å². The summed E-state index contributed by atoms with van der Waals surface area (Å²) in [4.78, 5) is 35.0. The fraction of sp³-hybridized carbons (Fsp3) is 0.208. The number of anilines is 2. The number of H-pyrrole nitrogens is 1. The van der Waals surface area contributed by atoms with Crippen molar-refractivity contribution in [1.29, 1.82) is 0 Å². The number of hydrogen-bond donors (Lipinski definition) is 2. The Bertz CT molecular complexity index is 1380. The largest absolute Gasteiger partial charge is 0.486 e. The highest BCUT2D eigenvalue weighted by Crippen LogP contribution is 2.36. The minimum atomic E-state index is -0.453. The molecule has 4 heterocycles. The zero-order valence-electron chi connectivity index (χ0n) is 17.5. The first-order valence-corrected chi connectivity index (χ1v) is 11.6. The van der Waals surface area contributed by atoms with Crippen LogP contribution in [-0.4, -0.2) is 41.5 Å². The smallest absolute Gasteiger partial charge is 0.231 e. The second-order valence-electron chi connectivity index (χ2n) is 8.01. The molecule has 1 atom stereocenters. The molecule has 2 amide bonds. The number of benzene rings is 2. The van der Waals surface area contributed by atoms with E-state index in [1.165, 1.54) is 11.3 Å². The molecule has 0 saturated carbocycles. The van der Waals surface area contributed by atoms with Gasteiger partial charge >= 0.3 is 0 Å². The van der Waals surface area contributed by atoms with E-state index < -0.39 is 5.92 Å². The number of carbonyl (C=O) groups is 2. The highest BCUT2D eigenvalue weighted by atomic mass is 32.1. The van der Waals surface area contributed by atoms with Crippen molar-refractivity contribution in [2.45, 2.75) is 6.42 Å². The van der Waals surface area contributed by atoms with Crippen molar-refractivity contribution in [3.8, 4) is 22.8 Å². The maximum Gasteiger partial charge on any atom is 0.231 e. The van der Waals surface area contributed by atoms with Gasteiger partial charge in [-0.2, -0.15) is 0 Å². The molecule has 1 saturated heterocycles. The Balaban J connectivity index is 1.16. The number of nitrogens with zero attached hydrogens (tertiary/aromatic N) is 2. The molecule has 0 spiro atoms. The van der Waals surface area contributed by atoms with E-state index in [-0.39, 0.29) is 18.2 Å². The van der Waals surface area contributed by atoms with Gasteiger partial charge < -0.3 is 24.7 Å². The first kappa shape index (κ1) is 19.8. The van der Waals surface area contributed by atoms with Crippen molar-refractivity contribution < 1.29 is 19.1 Å². The van der Waals surface area contributed by atoms with Gasteiger partial charge in [0, 0.05) is 52.8 Å². The predicted octanol–water partition coefficient (Wildman–Crippen LogP) is 4.05. The molecule has 9 heteroatoms. The van der Waals surface area contributed by atoms with Gasteiger partial charge in [-0.1, -0.05) is 18.2 Å². The van der Waals surface area contributed by atoms with E-state index in [4.69, 9.17) is 9.47 Å². The topological polar surface area (TPSA) is 96.5 Å². The molecular weight excluding hydrogens is 440 g/mol. The Hall–Kier alpha value is -3.85. The molecule has 1 unspecified atom stereocenters. The van der Waals surface area contributed by atoms with E-state index in [2.05, 4.69) is 15.3 Å². The lowest BCUT2D eigenvalue weighted by Gasteiger charge is -2.22. The van der Waals surface area contributed by atoms with E-state index in [1.807, 2.05) is 41.9 Å². The Labute approximate surface area is 193 Å². The lowest BCUT2D eigenvalue weighted by molar-refractivity contribution is -0.122. The number of ether oxygens (including phenoxy) is 2. The third kappa shape index (κ3) is 3.60. The van der Waals surface area contributed by atoms with Crippen LogP contribution >= 0.6 is 11.3 Å². The van der Waals surface area contributed by atoms with Crippen LogP contribution in [0.4, 0.5) is 10.8 Å². The number of rotatable bonds is 4. The van der Waals surface area contributed by atoms with Crippen LogP contribution in [0.15, 0.2) is 54.0 Å². The van der Waals surface area contributed by atoms with Crippen LogP contribution < -0.4 is 19.7 Å². The summed E-state index contributed by atoms with van der Waals surface area (Å²) >= 11 is 1.37. The molecule has 6 rings (SSSR count). The predicted molar refractivity (Wildman–Crippen MR) is 126 cm³/mol. The van der Waals surface area contributed by atoms with E-state index >= 15 is 0 Å². The molecule has 4 aromatic rings. The summed E-state index contributed by atoms with van der Waals surface area (Å²) in [5, 5.41) is 6.41. The zero-order valence-corrected chi connectivity index (χ0v) is 18.4. The zero-order chi connectivity index (χ0) is 22.4. The number of amides is 2. The molecule has 2 N–H and O–H groups in total. The molecular formula is C24H20N4O4S. The van der Waals surface area contributed by atoms with Gasteiger partial charge in [-0.3, -0.25) is 9.59 Å². The van der Waals surface area contributed by atoms with Crippen molar-refractivity contribution >= 4 is 44.9 Å². The standard InChI is InChI=1S/C24H20N4O4S/c29-22-9-14(12-28(22)15-5-6-20-21(10-15)32-8-7-31-20)23(30)27-24-26-19(13-33-24)17-11-25-18-4-2-1-3-16(17)18/h1-6,10-11,13-14,25H,7-9,12H2,(H,26,27,30). The molecule has 2 aromatic carbocycles. The van der Waals surface area contributed by atoms with E-state index in [0.717, 1.165) is 22.2 Å². The van der Waals surface area contributed by atoms with Gasteiger partial charge in [-0.15, -0.1) is 11.3 Å². The van der Waals surface area contributed by atoms with Gasteiger partial charge in [-0.05, 0) is 18.2 Å².